The van der Waals surface area contributed by atoms with Crippen molar-refractivity contribution in [2.24, 2.45) is 5.10 Å². The Morgan fingerprint density at radius 2 is 1.42 bits per heavy atom. The zero-order chi connectivity index (χ0) is 17.6. The van der Waals surface area contributed by atoms with Crippen molar-refractivity contribution in [2.45, 2.75) is 19.1 Å². The van der Waals surface area contributed by atoms with Gasteiger partial charge in [0.2, 0.25) is 0 Å². The number of nitrogens with one attached hydrogen (secondary N) is 1. The predicted molar refractivity (Wildman–Crippen MR) is 95.6 cm³/mol. The van der Waals surface area contributed by atoms with Gasteiger partial charge in [-0.3, -0.25) is 4.79 Å². The molecule has 0 aliphatic heterocycles. The summed E-state index contributed by atoms with van der Waals surface area (Å²) in [7, 11) is -3.46. The van der Waals surface area contributed by atoms with Gasteiger partial charge in [0.1, 0.15) is 5.75 Å². The summed E-state index contributed by atoms with van der Waals surface area (Å²) >= 11 is 0. The predicted octanol–water partition coefficient (Wildman–Crippen LogP) is 2.38. The third-order valence-corrected chi connectivity index (χ3v) is 5.54. The molecule has 1 N–H and O–H groups in total. The normalized spacial score (nSPS) is 11.1. The molecule has 0 heterocycles. The van der Waals surface area contributed by atoms with Crippen LogP contribution in [0.4, 0.5) is 0 Å². The van der Waals surface area contributed by atoms with Crippen LogP contribution in [-0.4, -0.2) is 31.0 Å². The van der Waals surface area contributed by atoms with Gasteiger partial charge in [-0.25, -0.2) is 13.8 Å². The van der Waals surface area contributed by atoms with Crippen molar-refractivity contribution in [3.63, 3.8) is 0 Å². The molecule has 0 bridgehead atoms. The summed E-state index contributed by atoms with van der Waals surface area (Å²) < 4.78 is 23.6. The molecule has 0 spiro atoms. The minimum atomic E-state index is -3.46. The SMILES string of the molecule is CC(C)S(=O)(=O)CC(=O)NN=C(c1ccccc1)c1ccccc1. The first-order valence-electron chi connectivity index (χ1n) is 7.59. The lowest BCUT2D eigenvalue weighted by Gasteiger charge is -2.09. The van der Waals surface area contributed by atoms with Crippen LogP contribution < -0.4 is 5.43 Å². The molecule has 126 valence electrons. The lowest BCUT2D eigenvalue weighted by molar-refractivity contribution is -0.118. The van der Waals surface area contributed by atoms with Gasteiger partial charge >= 0.3 is 0 Å². The van der Waals surface area contributed by atoms with E-state index < -0.39 is 26.7 Å². The highest BCUT2D eigenvalue weighted by molar-refractivity contribution is 7.92. The summed E-state index contributed by atoms with van der Waals surface area (Å²) in [6, 6.07) is 18.8. The Kier molecular flexibility index (Phi) is 5.87. The van der Waals surface area contributed by atoms with E-state index in [0.717, 1.165) is 11.1 Å². The molecule has 0 unspecified atom stereocenters. The molecule has 2 rings (SSSR count). The van der Waals surface area contributed by atoms with Gasteiger partial charge in [0.15, 0.2) is 9.84 Å². The van der Waals surface area contributed by atoms with Crippen molar-refractivity contribution >= 4 is 21.5 Å². The first-order valence-corrected chi connectivity index (χ1v) is 9.30. The van der Waals surface area contributed by atoms with Gasteiger partial charge in [-0.05, 0) is 13.8 Å². The molecule has 2 aromatic carbocycles. The number of hydrogen-bond acceptors (Lipinski definition) is 4. The minimum absolute atomic E-state index is 0.575. The molecule has 2 aromatic rings. The number of amides is 1. The van der Waals surface area contributed by atoms with Gasteiger partial charge < -0.3 is 0 Å². The molecular weight excluding hydrogens is 324 g/mol. The van der Waals surface area contributed by atoms with Gasteiger partial charge in [-0.15, -0.1) is 0 Å². The summed E-state index contributed by atoms with van der Waals surface area (Å²) in [6.45, 7) is 3.09. The van der Waals surface area contributed by atoms with Crippen molar-refractivity contribution in [3.8, 4) is 0 Å². The fourth-order valence-corrected chi connectivity index (χ4v) is 2.75. The molecule has 0 aliphatic rings. The molecule has 0 saturated carbocycles. The molecule has 0 aliphatic carbocycles. The molecule has 0 atom stereocenters. The average molecular weight is 344 g/mol. The van der Waals surface area contributed by atoms with E-state index in [0.29, 0.717) is 5.71 Å². The quantitative estimate of drug-likeness (QED) is 0.646. The monoisotopic (exact) mass is 344 g/mol. The number of sulfone groups is 1. The third kappa shape index (κ3) is 4.76. The molecule has 0 saturated heterocycles. The summed E-state index contributed by atoms with van der Waals surface area (Å²) in [5, 5.41) is 3.56. The minimum Gasteiger partial charge on any atom is -0.272 e. The second-order valence-electron chi connectivity index (χ2n) is 5.58. The van der Waals surface area contributed by atoms with Gasteiger partial charge in [0.05, 0.1) is 11.0 Å². The van der Waals surface area contributed by atoms with Crippen molar-refractivity contribution in [3.05, 3.63) is 71.8 Å². The molecule has 0 fully saturated rings. The van der Waals surface area contributed by atoms with E-state index in [1.165, 1.54) is 0 Å². The number of carbonyl (C=O) groups excluding carboxylic acids is 1. The first-order chi connectivity index (χ1) is 11.4. The second kappa shape index (κ2) is 7.88. The van der Waals surface area contributed by atoms with Gasteiger partial charge in [-0.2, -0.15) is 5.10 Å². The van der Waals surface area contributed by atoms with E-state index in [1.54, 1.807) is 13.8 Å². The number of rotatable bonds is 6. The van der Waals surface area contributed by atoms with E-state index >= 15 is 0 Å². The number of hydrogen-bond donors (Lipinski definition) is 1. The van der Waals surface area contributed by atoms with Gasteiger partial charge in [0.25, 0.3) is 5.91 Å². The molecule has 6 heteroatoms. The number of nitrogens with zero attached hydrogens (tertiary/aromatic N) is 1. The van der Waals surface area contributed by atoms with E-state index in [2.05, 4.69) is 10.5 Å². The largest absolute Gasteiger partial charge is 0.272 e. The molecule has 5 nitrogen and oxygen atoms in total. The Hall–Kier alpha value is -2.47. The van der Waals surface area contributed by atoms with Crippen LogP contribution in [0.15, 0.2) is 65.8 Å². The highest BCUT2D eigenvalue weighted by Gasteiger charge is 2.20. The Morgan fingerprint density at radius 3 is 1.83 bits per heavy atom. The third-order valence-electron chi connectivity index (χ3n) is 3.44. The Balaban J connectivity index is 2.26. The Bertz CT molecular complexity index is 772. The summed E-state index contributed by atoms with van der Waals surface area (Å²) in [4.78, 5) is 11.9. The van der Waals surface area contributed by atoms with Crippen LogP contribution in [0.5, 0.6) is 0 Å². The lowest BCUT2D eigenvalue weighted by Crippen LogP contribution is -2.31. The fourth-order valence-electron chi connectivity index (χ4n) is 1.99. The molecule has 24 heavy (non-hydrogen) atoms. The van der Waals surface area contributed by atoms with Crippen molar-refractivity contribution in [1.29, 1.82) is 0 Å². The summed E-state index contributed by atoms with van der Waals surface area (Å²) in [6.07, 6.45) is 0. The smallest absolute Gasteiger partial charge is 0.255 e. The van der Waals surface area contributed by atoms with Crippen LogP contribution in [0.1, 0.15) is 25.0 Å². The molecule has 0 aromatic heterocycles. The lowest BCUT2D eigenvalue weighted by atomic mass is 10.0. The molecule has 0 radical (unpaired) electrons. The maximum atomic E-state index is 11.9. The van der Waals surface area contributed by atoms with Crippen LogP contribution in [0.2, 0.25) is 0 Å². The Labute approximate surface area is 142 Å². The maximum absolute atomic E-state index is 11.9. The second-order valence-corrected chi connectivity index (χ2v) is 8.14. The highest BCUT2D eigenvalue weighted by atomic mass is 32.2. The number of carbonyl (C=O) groups is 1. The fraction of sp³-hybridized carbons (Fsp3) is 0.222. The highest BCUT2D eigenvalue weighted by Crippen LogP contribution is 2.10. The van der Waals surface area contributed by atoms with Crippen LogP contribution in [0, 0.1) is 0 Å². The van der Waals surface area contributed by atoms with Crippen LogP contribution in [-0.2, 0) is 14.6 Å². The zero-order valence-corrected chi connectivity index (χ0v) is 14.5. The summed E-state index contributed by atoms with van der Waals surface area (Å²) in [5.41, 5.74) is 4.59. The van der Waals surface area contributed by atoms with E-state index in [-0.39, 0.29) is 0 Å². The first kappa shape index (κ1) is 17.9. The standard InChI is InChI=1S/C18H20N2O3S/c1-14(2)24(22,23)13-17(21)19-20-18(15-9-5-3-6-10-15)16-11-7-4-8-12-16/h3-12,14H,13H2,1-2H3,(H,19,21). The molecular formula is C18H20N2O3S. The molecule has 1 amide bonds. The van der Waals surface area contributed by atoms with Crippen molar-refractivity contribution in [2.75, 3.05) is 5.75 Å². The van der Waals surface area contributed by atoms with Crippen LogP contribution in [0.3, 0.4) is 0 Å². The van der Waals surface area contributed by atoms with Crippen LogP contribution >= 0.6 is 0 Å². The van der Waals surface area contributed by atoms with E-state index in [9.17, 15) is 13.2 Å². The number of hydrazone groups is 1. The van der Waals surface area contributed by atoms with Crippen LogP contribution in [0.25, 0.3) is 0 Å². The van der Waals surface area contributed by atoms with Crippen molar-refractivity contribution in [1.82, 2.24) is 5.43 Å². The van der Waals surface area contributed by atoms with E-state index in [4.69, 9.17) is 0 Å². The topological polar surface area (TPSA) is 75.6 Å². The van der Waals surface area contributed by atoms with Gasteiger partial charge in [0, 0.05) is 11.1 Å². The maximum Gasteiger partial charge on any atom is 0.255 e. The average Bonchev–Trinajstić information content (AvgIpc) is 2.56. The van der Waals surface area contributed by atoms with E-state index in [1.807, 2.05) is 60.7 Å². The van der Waals surface area contributed by atoms with Crippen molar-refractivity contribution < 1.29 is 13.2 Å². The summed E-state index contributed by atoms with van der Waals surface area (Å²) in [5.74, 6) is -1.22. The zero-order valence-electron chi connectivity index (χ0n) is 13.6. The van der Waals surface area contributed by atoms with Gasteiger partial charge in [-0.1, -0.05) is 60.7 Å². The number of benzene rings is 2. The Morgan fingerprint density at radius 1 is 0.958 bits per heavy atom.